The number of methoxy groups -OCH3 is 1. The molecule has 4 aromatic rings. The van der Waals surface area contributed by atoms with Crippen molar-refractivity contribution < 1.29 is 27.1 Å². The van der Waals surface area contributed by atoms with E-state index < -0.39 is 23.2 Å². The van der Waals surface area contributed by atoms with Crippen LogP contribution in [-0.2, 0) is 11.0 Å². The SMILES string of the molecule is COc1cc2c(cc1NC(=O)CSc1nc(C)cc(C(F)(F)F)c1C#N)oc1ccccc12. The molecule has 0 aliphatic rings. The van der Waals surface area contributed by atoms with Crippen molar-refractivity contribution in [3.63, 3.8) is 0 Å². The first kappa shape index (κ1) is 22.5. The highest BCUT2D eigenvalue weighted by atomic mass is 32.2. The number of hydrogen-bond acceptors (Lipinski definition) is 6. The third kappa shape index (κ3) is 4.45. The van der Waals surface area contributed by atoms with E-state index in [4.69, 9.17) is 9.15 Å². The zero-order valence-corrected chi connectivity index (χ0v) is 18.2. The molecule has 0 aliphatic heterocycles. The summed E-state index contributed by atoms with van der Waals surface area (Å²) in [6.07, 6.45) is -4.70. The van der Waals surface area contributed by atoms with E-state index in [-0.39, 0.29) is 16.5 Å². The number of carbonyl (C=O) groups is 1. The number of thioether (sulfide) groups is 1. The lowest BCUT2D eigenvalue weighted by Crippen LogP contribution is -2.16. The van der Waals surface area contributed by atoms with Gasteiger partial charge in [0, 0.05) is 22.5 Å². The summed E-state index contributed by atoms with van der Waals surface area (Å²) in [5.74, 6) is -0.364. The number of rotatable bonds is 5. The van der Waals surface area contributed by atoms with Crippen molar-refractivity contribution in [3.05, 3.63) is 59.3 Å². The maximum atomic E-state index is 13.3. The van der Waals surface area contributed by atoms with Crippen LogP contribution in [0.4, 0.5) is 18.9 Å². The molecule has 0 bridgehead atoms. The lowest BCUT2D eigenvalue weighted by atomic mass is 10.1. The van der Waals surface area contributed by atoms with Gasteiger partial charge < -0.3 is 14.5 Å². The number of alkyl halides is 3. The van der Waals surface area contributed by atoms with Crippen molar-refractivity contribution in [2.45, 2.75) is 18.1 Å². The number of aromatic nitrogens is 1. The molecule has 1 N–H and O–H groups in total. The maximum absolute atomic E-state index is 13.3. The Morgan fingerprint density at radius 2 is 1.97 bits per heavy atom. The van der Waals surface area contributed by atoms with Gasteiger partial charge in [0.05, 0.1) is 29.7 Å². The van der Waals surface area contributed by atoms with Crippen LogP contribution >= 0.6 is 11.8 Å². The topological polar surface area (TPSA) is 88.1 Å². The van der Waals surface area contributed by atoms with Gasteiger partial charge in [-0.15, -0.1) is 0 Å². The van der Waals surface area contributed by atoms with Crippen molar-refractivity contribution in [1.82, 2.24) is 4.98 Å². The summed E-state index contributed by atoms with van der Waals surface area (Å²) in [6.45, 7) is 1.40. The molecular formula is C23H16F3N3O3S. The summed E-state index contributed by atoms with van der Waals surface area (Å²) in [6, 6.07) is 13.2. The molecule has 0 saturated heterocycles. The number of hydrogen-bond donors (Lipinski definition) is 1. The normalized spacial score (nSPS) is 11.5. The van der Waals surface area contributed by atoms with E-state index in [1.165, 1.54) is 14.0 Å². The number of pyridine rings is 1. The molecule has 6 nitrogen and oxygen atoms in total. The molecule has 2 heterocycles. The third-order valence-corrected chi connectivity index (χ3v) is 5.82. The second-order valence-electron chi connectivity index (χ2n) is 7.08. The number of furan rings is 1. The Morgan fingerprint density at radius 1 is 1.21 bits per heavy atom. The van der Waals surface area contributed by atoms with Crippen LogP contribution in [0.15, 0.2) is 51.9 Å². The summed E-state index contributed by atoms with van der Waals surface area (Å²) in [5, 5.41) is 13.5. The number of anilines is 1. The quantitative estimate of drug-likeness (QED) is 0.364. The maximum Gasteiger partial charge on any atom is 0.417 e. The molecule has 0 fully saturated rings. The summed E-state index contributed by atoms with van der Waals surface area (Å²) >= 11 is 0.754. The minimum Gasteiger partial charge on any atom is -0.495 e. The van der Waals surface area contributed by atoms with Crippen molar-refractivity contribution in [1.29, 1.82) is 5.26 Å². The van der Waals surface area contributed by atoms with Gasteiger partial charge in [-0.25, -0.2) is 4.98 Å². The highest BCUT2D eigenvalue weighted by Gasteiger charge is 2.35. The van der Waals surface area contributed by atoms with Crippen LogP contribution in [-0.4, -0.2) is 23.8 Å². The Hall–Kier alpha value is -3.71. The standard InChI is InChI=1S/C23H16F3N3O3S/c1-12-7-16(23(24,25)26)15(10-27)22(28-12)33-11-21(30)29-17-9-19-14(8-20(17)31-2)13-5-3-4-6-18(13)32-19/h3-9H,11H2,1-2H3,(H,29,30). The van der Waals surface area contributed by atoms with Crippen LogP contribution in [0.2, 0.25) is 0 Å². The largest absolute Gasteiger partial charge is 0.495 e. The van der Waals surface area contributed by atoms with Gasteiger partial charge in [-0.3, -0.25) is 4.79 Å². The van der Waals surface area contributed by atoms with E-state index in [2.05, 4.69) is 10.3 Å². The average molecular weight is 471 g/mol. The zero-order chi connectivity index (χ0) is 23.8. The van der Waals surface area contributed by atoms with Crippen LogP contribution in [0.3, 0.4) is 0 Å². The number of fused-ring (bicyclic) bond motifs is 3. The van der Waals surface area contributed by atoms with Crippen LogP contribution in [0.1, 0.15) is 16.8 Å². The smallest absolute Gasteiger partial charge is 0.417 e. The fourth-order valence-corrected chi connectivity index (χ4v) is 4.27. The van der Waals surface area contributed by atoms with Crippen LogP contribution < -0.4 is 10.1 Å². The number of ether oxygens (including phenoxy) is 1. The summed E-state index contributed by atoms with van der Waals surface area (Å²) in [7, 11) is 1.46. The zero-order valence-electron chi connectivity index (χ0n) is 17.4. The monoisotopic (exact) mass is 471 g/mol. The van der Waals surface area contributed by atoms with E-state index >= 15 is 0 Å². The minimum absolute atomic E-state index is 0.0984. The number of amides is 1. The lowest BCUT2D eigenvalue weighted by molar-refractivity contribution is -0.138. The molecule has 0 unspecified atom stereocenters. The molecule has 0 atom stereocenters. The highest BCUT2D eigenvalue weighted by molar-refractivity contribution is 8.00. The summed E-state index contributed by atoms with van der Waals surface area (Å²) in [4.78, 5) is 16.6. The second kappa shape index (κ2) is 8.67. The van der Waals surface area contributed by atoms with Gasteiger partial charge in [-0.05, 0) is 25.1 Å². The molecule has 0 aliphatic carbocycles. The van der Waals surface area contributed by atoms with E-state index in [1.807, 2.05) is 24.3 Å². The van der Waals surface area contributed by atoms with E-state index in [0.717, 1.165) is 28.6 Å². The second-order valence-corrected chi connectivity index (χ2v) is 8.05. The molecule has 2 aromatic heterocycles. The van der Waals surface area contributed by atoms with Gasteiger partial charge in [-0.2, -0.15) is 18.4 Å². The van der Waals surface area contributed by atoms with E-state index in [0.29, 0.717) is 22.6 Å². The molecule has 1 amide bonds. The Kier molecular flexibility index (Phi) is 5.91. The molecule has 10 heteroatoms. The highest BCUT2D eigenvalue weighted by Crippen LogP contribution is 2.37. The molecule has 0 spiro atoms. The van der Waals surface area contributed by atoms with Crippen LogP contribution in [0.25, 0.3) is 21.9 Å². The fourth-order valence-electron chi connectivity index (χ4n) is 3.42. The number of para-hydroxylation sites is 1. The van der Waals surface area contributed by atoms with Crippen LogP contribution in [0.5, 0.6) is 5.75 Å². The number of aryl methyl sites for hydroxylation is 1. The molecule has 33 heavy (non-hydrogen) atoms. The third-order valence-electron chi connectivity index (χ3n) is 4.84. The van der Waals surface area contributed by atoms with Crippen LogP contribution in [0, 0.1) is 18.3 Å². The summed E-state index contributed by atoms with van der Waals surface area (Å²) < 4.78 is 51.1. The minimum atomic E-state index is -4.70. The number of benzene rings is 2. The van der Waals surface area contributed by atoms with Crippen molar-refractivity contribution in [2.24, 2.45) is 0 Å². The number of nitriles is 1. The number of carbonyl (C=O) groups excluding carboxylic acids is 1. The predicted molar refractivity (Wildman–Crippen MR) is 118 cm³/mol. The first-order valence-electron chi connectivity index (χ1n) is 9.62. The lowest BCUT2D eigenvalue weighted by Gasteiger charge is -2.13. The predicted octanol–water partition coefficient (Wildman–Crippen LogP) is 5.92. The van der Waals surface area contributed by atoms with E-state index in [1.54, 1.807) is 18.2 Å². The van der Waals surface area contributed by atoms with Gasteiger partial charge >= 0.3 is 6.18 Å². The first-order valence-corrected chi connectivity index (χ1v) is 10.6. The average Bonchev–Trinajstić information content (AvgIpc) is 3.13. The van der Waals surface area contributed by atoms with Gasteiger partial charge in [-0.1, -0.05) is 30.0 Å². The van der Waals surface area contributed by atoms with Crippen molar-refractivity contribution in [2.75, 3.05) is 18.2 Å². The van der Waals surface area contributed by atoms with Crippen molar-refractivity contribution >= 4 is 45.3 Å². The molecule has 2 aromatic carbocycles. The van der Waals surface area contributed by atoms with Gasteiger partial charge in [0.2, 0.25) is 5.91 Å². The van der Waals surface area contributed by atoms with Gasteiger partial charge in [0.15, 0.2) is 0 Å². The number of nitrogens with zero attached hydrogens (tertiary/aromatic N) is 2. The number of nitrogens with one attached hydrogen (secondary N) is 1. The van der Waals surface area contributed by atoms with Gasteiger partial charge in [0.1, 0.15) is 28.0 Å². The molecule has 0 saturated carbocycles. The number of halogens is 3. The Balaban J connectivity index is 1.58. The Labute approximate surface area is 190 Å². The summed E-state index contributed by atoms with van der Waals surface area (Å²) in [5.41, 5.74) is -0.000303. The van der Waals surface area contributed by atoms with Crippen molar-refractivity contribution in [3.8, 4) is 11.8 Å². The fraction of sp³-hybridized carbons (Fsp3) is 0.174. The Bertz CT molecular complexity index is 1420. The first-order chi connectivity index (χ1) is 15.7. The molecule has 168 valence electrons. The molecule has 0 radical (unpaired) electrons. The van der Waals surface area contributed by atoms with Gasteiger partial charge in [0.25, 0.3) is 0 Å². The molecule has 4 rings (SSSR count). The molecular weight excluding hydrogens is 455 g/mol. The Morgan fingerprint density at radius 3 is 2.67 bits per heavy atom. The van der Waals surface area contributed by atoms with E-state index in [9.17, 15) is 23.2 Å².